The molecule has 1 aliphatic carbocycles. The summed E-state index contributed by atoms with van der Waals surface area (Å²) in [6, 6.07) is 20.7. The number of nitrogens with one attached hydrogen (secondary N) is 3. The van der Waals surface area contributed by atoms with Gasteiger partial charge >= 0.3 is 12.1 Å². The number of aliphatic carboxylic acids is 1. The molecule has 1 atom stereocenters. The molecule has 0 bridgehead atoms. The number of nitro groups is 1. The number of amides is 3. The molecular weight excluding hydrogens is 604 g/mol. The zero-order chi connectivity index (χ0) is 33.6. The molecule has 0 heterocycles. The molecular formula is C35H40N4O8. The van der Waals surface area contributed by atoms with E-state index in [4.69, 9.17) is 4.74 Å². The molecule has 0 saturated heterocycles. The summed E-state index contributed by atoms with van der Waals surface area (Å²) >= 11 is 0. The first-order chi connectivity index (χ1) is 22.7. The first kappa shape index (κ1) is 34.6. The molecule has 0 radical (unpaired) electrons. The number of unbranched alkanes of at least 4 members (excludes halogenated alkanes) is 4. The SMILES string of the molecule is O=C(CCCCCCNC(=O)c1cccc([N+](=O)[O-])c1)NC(CCCCNC(=O)OCC1c2ccccc2-c2ccccc21)C(=O)O. The van der Waals surface area contributed by atoms with Gasteiger partial charge in [-0.05, 0) is 60.4 Å². The zero-order valence-corrected chi connectivity index (χ0v) is 26.1. The molecule has 0 fully saturated rings. The molecule has 3 aromatic carbocycles. The highest BCUT2D eigenvalue weighted by Gasteiger charge is 2.29. The maximum atomic E-state index is 12.4. The van der Waals surface area contributed by atoms with Crippen molar-refractivity contribution >= 4 is 29.6 Å². The third-order valence-electron chi connectivity index (χ3n) is 8.10. The number of ether oxygens (including phenoxy) is 1. The number of carboxylic acid groups (broad SMARTS) is 1. The van der Waals surface area contributed by atoms with Gasteiger partial charge in [0.05, 0.1) is 4.92 Å². The summed E-state index contributed by atoms with van der Waals surface area (Å²) in [7, 11) is 0. The molecule has 0 aromatic heterocycles. The first-order valence-electron chi connectivity index (χ1n) is 15.9. The van der Waals surface area contributed by atoms with Crippen LogP contribution in [0.1, 0.15) is 78.8 Å². The van der Waals surface area contributed by atoms with E-state index in [0.29, 0.717) is 38.8 Å². The maximum Gasteiger partial charge on any atom is 0.407 e. The molecule has 12 nitrogen and oxygen atoms in total. The second-order valence-electron chi connectivity index (χ2n) is 11.4. The maximum absolute atomic E-state index is 12.4. The minimum atomic E-state index is -1.11. The third-order valence-corrected chi connectivity index (χ3v) is 8.10. The van der Waals surface area contributed by atoms with Gasteiger partial charge in [0, 0.05) is 43.1 Å². The fourth-order valence-corrected chi connectivity index (χ4v) is 5.67. The molecule has 1 aliphatic rings. The Hall–Kier alpha value is -5.26. The molecule has 248 valence electrons. The van der Waals surface area contributed by atoms with E-state index < -0.39 is 23.0 Å². The topological polar surface area (TPSA) is 177 Å². The predicted octanol–water partition coefficient (Wildman–Crippen LogP) is 5.55. The van der Waals surface area contributed by atoms with Crippen LogP contribution in [0.3, 0.4) is 0 Å². The van der Waals surface area contributed by atoms with E-state index in [9.17, 15) is 34.4 Å². The van der Waals surface area contributed by atoms with E-state index in [1.54, 1.807) is 0 Å². The van der Waals surface area contributed by atoms with E-state index in [1.807, 2.05) is 24.3 Å². The molecule has 1 unspecified atom stereocenters. The number of rotatable bonds is 18. The van der Waals surface area contributed by atoms with Crippen molar-refractivity contribution in [3.63, 3.8) is 0 Å². The molecule has 47 heavy (non-hydrogen) atoms. The third kappa shape index (κ3) is 10.1. The van der Waals surface area contributed by atoms with Gasteiger partial charge in [-0.25, -0.2) is 9.59 Å². The van der Waals surface area contributed by atoms with Crippen LogP contribution >= 0.6 is 0 Å². The van der Waals surface area contributed by atoms with Gasteiger partial charge in [-0.3, -0.25) is 19.7 Å². The number of nitro benzene ring substituents is 1. The average molecular weight is 645 g/mol. The molecule has 4 N–H and O–H groups in total. The average Bonchev–Trinajstić information content (AvgIpc) is 3.39. The lowest BCUT2D eigenvalue weighted by molar-refractivity contribution is -0.384. The van der Waals surface area contributed by atoms with Crippen molar-refractivity contribution in [3.05, 3.63) is 99.6 Å². The molecule has 0 saturated carbocycles. The fraction of sp³-hybridized carbons (Fsp3) is 0.371. The van der Waals surface area contributed by atoms with Crippen molar-refractivity contribution in [2.24, 2.45) is 0 Å². The van der Waals surface area contributed by atoms with E-state index in [1.165, 1.54) is 24.3 Å². The van der Waals surface area contributed by atoms with Gasteiger partial charge < -0.3 is 25.8 Å². The van der Waals surface area contributed by atoms with Crippen LogP contribution in [0.25, 0.3) is 11.1 Å². The monoisotopic (exact) mass is 644 g/mol. The number of carboxylic acids is 1. The minimum Gasteiger partial charge on any atom is -0.480 e. The molecule has 12 heteroatoms. The van der Waals surface area contributed by atoms with Crippen LogP contribution in [0.15, 0.2) is 72.8 Å². The van der Waals surface area contributed by atoms with Gasteiger partial charge in [-0.1, -0.05) is 67.4 Å². The number of hydrogen-bond donors (Lipinski definition) is 4. The highest BCUT2D eigenvalue weighted by Crippen LogP contribution is 2.44. The lowest BCUT2D eigenvalue weighted by atomic mass is 9.98. The summed E-state index contributed by atoms with van der Waals surface area (Å²) < 4.78 is 5.53. The van der Waals surface area contributed by atoms with E-state index in [0.717, 1.165) is 35.1 Å². The molecule has 0 spiro atoms. The highest BCUT2D eigenvalue weighted by atomic mass is 16.6. The second-order valence-corrected chi connectivity index (χ2v) is 11.4. The summed E-state index contributed by atoms with van der Waals surface area (Å²) in [5.41, 5.74) is 4.63. The summed E-state index contributed by atoms with van der Waals surface area (Å²) in [6.45, 7) is 0.930. The number of carbonyl (C=O) groups is 4. The van der Waals surface area contributed by atoms with E-state index in [2.05, 4.69) is 40.2 Å². The van der Waals surface area contributed by atoms with Gasteiger partial charge in [0.2, 0.25) is 5.91 Å². The minimum absolute atomic E-state index is 0.0319. The summed E-state index contributed by atoms with van der Waals surface area (Å²) in [5.74, 6) is -1.87. The van der Waals surface area contributed by atoms with Crippen LogP contribution in [-0.4, -0.2) is 59.6 Å². The molecule has 4 rings (SSSR count). The molecule has 3 amide bonds. The Morgan fingerprint density at radius 1 is 0.809 bits per heavy atom. The van der Waals surface area contributed by atoms with Crippen LogP contribution in [-0.2, 0) is 14.3 Å². The smallest absolute Gasteiger partial charge is 0.407 e. The van der Waals surface area contributed by atoms with Gasteiger partial charge in [0.1, 0.15) is 12.6 Å². The van der Waals surface area contributed by atoms with Crippen molar-refractivity contribution < 1.29 is 33.9 Å². The highest BCUT2D eigenvalue weighted by molar-refractivity contribution is 5.94. The van der Waals surface area contributed by atoms with Gasteiger partial charge in [0.15, 0.2) is 0 Å². The van der Waals surface area contributed by atoms with E-state index in [-0.39, 0.29) is 48.4 Å². The standard InChI is InChI=1S/C35H40N4O8/c40-32(19-3-1-2-9-20-36-33(41)24-12-11-13-25(22-24)39(45)46)38-31(34(42)43)18-8-10-21-37-35(44)47-23-30-28-16-6-4-14-26(28)27-15-5-7-17-29(27)30/h4-7,11-17,22,30-31H,1-3,8-10,18-21,23H2,(H,36,41)(H,37,44)(H,38,40)(H,42,43). The molecule has 3 aromatic rings. The van der Waals surface area contributed by atoms with Crippen LogP contribution < -0.4 is 16.0 Å². The van der Waals surface area contributed by atoms with Crippen LogP contribution in [0.5, 0.6) is 0 Å². The second kappa shape index (κ2) is 17.4. The van der Waals surface area contributed by atoms with Gasteiger partial charge in [0.25, 0.3) is 11.6 Å². The summed E-state index contributed by atoms with van der Waals surface area (Å²) in [4.78, 5) is 58.9. The zero-order valence-electron chi connectivity index (χ0n) is 26.1. The largest absolute Gasteiger partial charge is 0.480 e. The number of benzene rings is 3. The Morgan fingerprint density at radius 2 is 1.45 bits per heavy atom. The van der Waals surface area contributed by atoms with Crippen LogP contribution in [0, 0.1) is 10.1 Å². The predicted molar refractivity (Wildman–Crippen MR) is 175 cm³/mol. The Kier molecular flexibility index (Phi) is 12.8. The number of hydrogen-bond acceptors (Lipinski definition) is 7. The summed E-state index contributed by atoms with van der Waals surface area (Å²) in [6.07, 6.45) is 3.63. The first-order valence-corrected chi connectivity index (χ1v) is 15.9. The Labute approximate surface area is 273 Å². The Bertz CT molecular complexity index is 1530. The van der Waals surface area contributed by atoms with Crippen LogP contribution in [0.2, 0.25) is 0 Å². The normalized spacial score (nSPS) is 12.3. The number of alkyl carbamates (subject to hydrolysis) is 1. The van der Waals surface area contributed by atoms with E-state index >= 15 is 0 Å². The number of non-ortho nitro benzene ring substituents is 1. The number of fused-ring (bicyclic) bond motifs is 3. The van der Waals surface area contributed by atoms with Crippen molar-refractivity contribution in [1.29, 1.82) is 0 Å². The summed E-state index contributed by atoms with van der Waals surface area (Å²) in [5, 5.41) is 28.4. The van der Waals surface area contributed by atoms with Gasteiger partial charge in [-0.15, -0.1) is 0 Å². The van der Waals surface area contributed by atoms with Crippen molar-refractivity contribution in [2.75, 3.05) is 19.7 Å². The lowest BCUT2D eigenvalue weighted by Gasteiger charge is -2.15. The lowest BCUT2D eigenvalue weighted by Crippen LogP contribution is -2.40. The van der Waals surface area contributed by atoms with Gasteiger partial charge in [-0.2, -0.15) is 0 Å². The van der Waals surface area contributed by atoms with Crippen molar-refractivity contribution in [3.8, 4) is 11.1 Å². The quantitative estimate of drug-likeness (QED) is 0.0791. The number of carbonyl (C=O) groups excluding carboxylic acids is 3. The fourth-order valence-electron chi connectivity index (χ4n) is 5.67. The molecule has 0 aliphatic heterocycles. The van der Waals surface area contributed by atoms with Crippen LogP contribution in [0.4, 0.5) is 10.5 Å². The van der Waals surface area contributed by atoms with Crippen molar-refractivity contribution in [1.82, 2.24) is 16.0 Å². The van der Waals surface area contributed by atoms with Crippen molar-refractivity contribution in [2.45, 2.75) is 63.3 Å². The Balaban J connectivity index is 1.05. The number of nitrogens with zero attached hydrogens (tertiary/aromatic N) is 1. The Morgan fingerprint density at radius 3 is 2.13 bits per heavy atom.